The molecule has 5 nitrogen and oxygen atoms in total. The molecule has 0 aromatic heterocycles. The molecule has 0 aliphatic rings. The second kappa shape index (κ2) is 8.10. The van der Waals surface area contributed by atoms with E-state index in [0.717, 1.165) is 5.56 Å². The van der Waals surface area contributed by atoms with Gasteiger partial charge in [0, 0.05) is 17.7 Å². The Balaban J connectivity index is 0.00000264. The molecule has 0 aliphatic carbocycles. The number of hydrogen-bond donors (Lipinski definition) is 2. The summed E-state index contributed by atoms with van der Waals surface area (Å²) in [5, 5.41) is 8.87. The van der Waals surface area contributed by atoms with Gasteiger partial charge in [-0.1, -0.05) is 36.4 Å². The van der Waals surface area contributed by atoms with Crippen LogP contribution in [0.5, 0.6) is 0 Å². The van der Waals surface area contributed by atoms with Crippen LogP contribution in [0.2, 0.25) is 0 Å². The highest BCUT2D eigenvalue weighted by molar-refractivity contribution is 7.91. The van der Waals surface area contributed by atoms with Gasteiger partial charge in [0.15, 0.2) is 9.84 Å². The average Bonchev–Trinajstić information content (AvgIpc) is 2.53. The van der Waals surface area contributed by atoms with Gasteiger partial charge in [0.1, 0.15) is 0 Å². The van der Waals surface area contributed by atoms with Crippen LogP contribution in [0.15, 0.2) is 53.4 Å². The molecule has 0 saturated carbocycles. The number of aliphatic hydroxyl groups excluding tert-OH is 1. The van der Waals surface area contributed by atoms with Gasteiger partial charge in [0.2, 0.25) is 5.91 Å². The van der Waals surface area contributed by atoms with E-state index < -0.39 is 15.7 Å². The van der Waals surface area contributed by atoms with Gasteiger partial charge >= 0.3 is 0 Å². The molecule has 7 heteroatoms. The zero-order valence-corrected chi connectivity index (χ0v) is 13.9. The first-order valence-corrected chi connectivity index (χ1v) is 8.44. The Morgan fingerprint density at radius 2 is 1.74 bits per heavy atom. The third-order valence-corrected chi connectivity index (χ3v) is 5.09. The summed E-state index contributed by atoms with van der Waals surface area (Å²) in [5.74, 6) is -0.871. The summed E-state index contributed by atoms with van der Waals surface area (Å²) in [6, 6.07) is 13.4. The molecular formula is C16H18ClNO4S. The fourth-order valence-corrected chi connectivity index (χ4v) is 3.71. The van der Waals surface area contributed by atoms with Gasteiger partial charge in [-0.25, -0.2) is 8.42 Å². The van der Waals surface area contributed by atoms with Gasteiger partial charge in [-0.2, -0.15) is 0 Å². The minimum atomic E-state index is -3.63. The lowest BCUT2D eigenvalue weighted by Gasteiger charge is -2.12. The smallest absolute Gasteiger partial charge is 0.248 e. The summed E-state index contributed by atoms with van der Waals surface area (Å²) < 4.78 is 25.0. The second-order valence-electron chi connectivity index (χ2n) is 4.84. The molecule has 1 amide bonds. The Hall–Kier alpha value is -1.89. The molecule has 0 aliphatic heterocycles. The van der Waals surface area contributed by atoms with E-state index in [9.17, 15) is 13.2 Å². The number of carbonyl (C=O) groups is 1. The van der Waals surface area contributed by atoms with Crippen molar-refractivity contribution in [2.45, 2.75) is 11.3 Å². The molecule has 0 heterocycles. The van der Waals surface area contributed by atoms with Crippen LogP contribution in [-0.4, -0.2) is 31.8 Å². The van der Waals surface area contributed by atoms with E-state index >= 15 is 0 Å². The molecule has 23 heavy (non-hydrogen) atoms. The maximum absolute atomic E-state index is 12.5. The fourth-order valence-electron chi connectivity index (χ4n) is 2.15. The summed E-state index contributed by atoms with van der Waals surface area (Å²) >= 11 is 0. The van der Waals surface area contributed by atoms with E-state index in [-0.39, 0.29) is 41.6 Å². The largest absolute Gasteiger partial charge is 0.396 e. The Morgan fingerprint density at radius 1 is 1.09 bits per heavy atom. The first-order valence-electron chi connectivity index (χ1n) is 6.78. The Labute approximate surface area is 141 Å². The zero-order chi connectivity index (χ0) is 16.2. The minimum absolute atomic E-state index is 0. The van der Waals surface area contributed by atoms with Crippen molar-refractivity contribution in [3.63, 3.8) is 0 Å². The van der Waals surface area contributed by atoms with Gasteiger partial charge in [-0.3, -0.25) is 4.79 Å². The average molecular weight is 356 g/mol. The molecule has 0 unspecified atom stereocenters. The second-order valence-corrected chi connectivity index (χ2v) is 6.91. The summed E-state index contributed by atoms with van der Waals surface area (Å²) in [4.78, 5) is 11.4. The van der Waals surface area contributed by atoms with Crippen LogP contribution < -0.4 is 5.73 Å². The molecule has 0 fully saturated rings. The van der Waals surface area contributed by atoms with E-state index in [1.165, 1.54) is 12.1 Å². The van der Waals surface area contributed by atoms with Crippen LogP contribution in [0, 0.1) is 0 Å². The number of hydrogen-bond acceptors (Lipinski definition) is 4. The van der Waals surface area contributed by atoms with Crippen molar-refractivity contribution >= 4 is 28.2 Å². The van der Waals surface area contributed by atoms with Crippen LogP contribution in [0.4, 0.5) is 0 Å². The van der Waals surface area contributed by atoms with Crippen LogP contribution in [0.1, 0.15) is 16.8 Å². The molecule has 2 aromatic rings. The normalized spacial score (nSPS) is 10.8. The van der Waals surface area contributed by atoms with Gasteiger partial charge < -0.3 is 10.8 Å². The number of sulfone groups is 1. The molecule has 0 bridgehead atoms. The molecule has 0 saturated heterocycles. The topological polar surface area (TPSA) is 97.5 Å². The number of rotatable bonds is 6. The van der Waals surface area contributed by atoms with Crippen molar-refractivity contribution in [1.29, 1.82) is 0 Å². The fraction of sp³-hybridized carbons (Fsp3) is 0.188. The van der Waals surface area contributed by atoms with Crippen LogP contribution in [-0.2, 0) is 9.84 Å². The number of nitrogens with two attached hydrogens (primary N) is 1. The van der Waals surface area contributed by atoms with Crippen LogP contribution in [0.25, 0.3) is 11.1 Å². The minimum Gasteiger partial charge on any atom is -0.396 e. The predicted molar refractivity (Wildman–Crippen MR) is 91.4 cm³/mol. The molecule has 2 aromatic carbocycles. The van der Waals surface area contributed by atoms with Crippen molar-refractivity contribution in [2.24, 2.45) is 5.73 Å². The Kier molecular flexibility index (Phi) is 6.75. The maximum Gasteiger partial charge on any atom is 0.248 e. The van der Waals surface area contributed by atoms with Crippen molar-refractivity contribution < 1.29 is 18.3 Å². The van der Waals surface area contributed by atoms with Crippen molar-refractivity contribution in [1.82, 2.24) is 0 Å². The van der Waals surface area contributed by atoms with Crippen molar-refractivity contribution in [2.75, 3.05) is 12.4 Å². The first kappa shape index (κ1) is 19.2. The molecule has 0 atom stereocenters. The molecule has 2 rings (SSSR count). The number of benzene rings is 2. The van der Waals surface area contributed by atoms with Gasteiger partial charge in [-0.05, 0) is 24.1 Å². The van der Waals surface area contributed by atoms with E-state index in [0.29, 0.717) is 5.56 Å². The number of carbonyl (C=O) groups excluding carboxylic acids is 1. The van der Waals surface area contributed by atoms with Crippen molar-refractivity contribution in [3.8, 4) is 11.1 Å². The Morgan fingerprint density at radius 3 is 2.30 bits per heavy atom. The molecule has 0 spiro atoms. The predicted octanol–water partition coefficient (Wildman–Crippen LogP) is 2.03. The van der Waals surface area contributed by atoms with E-state index in [1.807, 2.05) is 6.07 Å². The number of aliphatic hydroxyl groups is 1. The van der Waals surface area contributed by atoms with Gasteiger partial charge in [0.05, 0.1) is 10.6 Å². The first-order chi connectivity index (χ1) is 10.5. The number of amides is 1. The lowest BCUT2D eigenvalue weighted by molar-refractivity contribution is 0.1000. The molecule has 3 N–H and O–H groups in total. The van der Waals surface area contributed by atoms with E-state index in [2.05, 4.69) is 0 Å². The molecule has 0 radical (unpaired) electrons. The number of primary amides is 1. The SMILES string of the molecule is Cl.NC(=O)c1ccc(-c2ccccc2)c(S(=O)(=O)CCCO)c1. The summed E-state index contributed by atoms with van der Waals surface area (Å²) in [5.41, 5.74) is 6.64. The molecule has 124 valence electrons. The highest BCUT2D eigenvalue weighted by Crippen LogP contribution is 2.29. The highest BCUT2D eigenvalue weighted by Gasteiger charge is 2.20. The van der Waals surface area contributed by atoms with Gasteiger partial charge in [0.25, 0.3) is 0 Å². The zero-order valence-electron chi connectivity index (χ0n) is 12.3. The molecular weight excluding hydrogens is 338 g/mol. The van der Waals surface area contributed by atoms with Crippen LogP contribution in [0.3, 0.4) is 0 Å². The summed E-state index contributed by atoms with van der Waals surface area (Å²) in [6.07, 6.45) is 0.136. The quantitative estimate of drug-likeness (QED) is 0.828. The van der Waals surface area contributed by atoms with Gasteiger partial charge in [-0.15, -0.1) is 12.4 Å². The summed E-state index contributed by atoms with van der Waals surface area (Å²) in [7, 11) is -3.63. The van der Waals surface area contributed by atoms with Crippen LogP contribution >= 0.6 is 12.4 Å². The maximum atomic E-state index is 12.5. The lowest BCUT2D eigenvalue weighted by atomic mass is 10.0. The number of halogens is 1. The van der Waals surface area contributed by atoms with Crippen molar-refractivity contribution in [3.05, 3.63) is 54.1 Å². The standard InChI is InChI=1S/C16H17NO4S.ClH/c17-16(19)13-7-8-14(12-5-2-1-3-6-12)15(11-13)22(20,21)10-4-9-18;/h1-3,5-8,11,18H,4,9-10H2,(H2,17,19);1H. The third kappa shape index (κ3) is 4.54. The highest BCUT2D eigenvalue weighted by atomic mass is 35.5. The Bertz CT molecular complexity index is 776. The lowest BCUT2D eigenvalue weighted by Crippen LogP contribution is -2.14. The summed E-state index contributed by atoms with van der Waals surface area (Å²) in [6.45, 7) is -0.213. The third-order valence-electron chi connectivity index (χ3n) is 3.26. The monoisotopic (exact) mass is 355 g/mol. The van der Waals surface area contributed by atoms with E-state index in [1.54, 1.807) is 30.3 Å². The van der Waals surface area contributed by atoms with E-state index in [4.69, 9.17) is 10.8 Å².